The minimum Gasteiger partial charge on any atom is -0.508 e. The predicted octanol–water partition coefficient (Wildman–Crippen LogP) is 3.20. The van der Waals surface area contributed by atoms with Crippen LogP contribution in [0.15, 0.2) is 50.4 Å². The van der Waals surface area contributed by atoms with Gasteiger partial charge >= 0.3 is 0 Å². The lowest BCUT2D eigenvalue weighted by Gasteiger charge is -2.20. The molecule has 3 aromatic rings. The van der Waals surface area contributed by atoms with Gasteiger partial charge in [0.25, 0.3) is 10.9 Å². The Balaban J connectivity index is 1.85. The Morgan fingerprint density at radius 2 is 1.88 bits per heavy atom. The lowest BCUT2D eigenvalue weighted by atomic mass is 10.1. The van der Waals surface area contributed by atoms with E-state index in [1.165, 1.54) is 12.1 Å². The largest absolute Gasteiger partial charge is 0.508 e. The lowest BCUT2D eigenvalue weighted by molar-refractivity contribution is 0.452. The molecule has 1 heterocycles. The van der Waals surface area contributed by atoms with E-state index in [4.69, 9.17) is 4.42 Å². The second-order valence-electron chi connectivity index (χ2n) is 5.64. The average Bonchev–Trinajstić information content (AvgIpc) is 3.00. The lowest BCUT2D eigenvalue weighted by Crippen LogP contribution is -2.37. The number of nitrogens with one attached hydrogen (secondary N) is 2. The third kappa shape index (κ3) is 2.90. The van der Waals surface area contributed by atoms with E-state index >= 15 is 0 Å². The highest BCUT2D eigenvalue weighted by molar-refractivity contribution is 5.79. The maximum absolute atomic E-state index is 11.9. The van der Waals surface area contributed by atoms with Crippen molar-refractivity contribution in [2.24, 2.45) is 0 Å². The van der Waals surface area contributed by atoms with Crippen LogP contribution in [0.2, 0.25) is 0 Å². The Hall–Kier alpha value is -3.02. The highest BCUT2D eigenvalue weighted by atomic mass is 16.3. The number of hydrogen-bond donors (Lipinski definition) is 3. The highest BCUT2D eigenvalue weighted by Crippen LogP contribution is 2.28. The minimum atomic E-state index is -0.577. The molecule has 24 heavy (non-hydrogen) atoms. The zero-order valence-corrected chi connectivity index (χ0v) is 13.4. The predicted molar refractivity (Wildman–Crippen MR) is 92.8 cm³/mol. The van der Waals surface area contributed by atoms with E-state index in [2.05, 4.69) is 10.6 Å². The first-order valence-electron chi connectivity index (χ1n) is 7.71. The van der Waals surface area contributed by atoms with Crippen LogP contribution in [0.1, 0.15) is 30.9 Å². The summed E-state index contributed by atoms with van der Waals surface area (Å²) >= 11 is 0. The first kappa shape index (κ1) is 15.9. The van der Waals surface area contributed by atoms with Gasteiger partial charge in [-0.25, -0.2) is 0 Å². The fourth-order valence-corrected chi connectivity index (χ4v) is 2.57. The molecule has 0 fully saturated rings. The van der Waals surface area contributed by atoms with Crippen LogP contribution in [0.3, 0.4) is 0 Å². The van der Waals surface area contributed by atoms with Gasteiger partial charge in [-0.1, -0.05) is 13.0 Å². The summed E-state index contributed by atoms with van der Waals surface area (Å²) in [5, 5.41) is 15.5. The van der Waals surface area contributed by atoms with Crippen molar-refractivity contribution < 1.29 is 9.52 Å². The van der Waals surface area contributed by atoms with Gasteiger partial charge in [0, 0.05) is 11.8 Å². The van der Waals surface area contributed by atoms with Crippen molar-refractivity contribution in [1.82, 2.24) is 0 Å². The fourth-order valence-electron chi connectivity index (χ4n) is 2.57. The molecule has 0 unspecified atom stereocenters. The van der Waals surface area contributed by atoms with Crippen LogP contribution in [0.25, 0.3) is 0 Å². The number of hydrogen-bond acceptors (Lipinski definition) is 6. The highest BCUT2D eigenvalue weighted by Gasteiger charge is 2.24. The Kier molecular flexibility index (Phi) is 4.12. The van der Waals surface area contributed by atoms with Crippen molar-refractivity contribution in [2.45, 2.75) is 26.3 Å². The Bertz CT molecular complexity index is 935. The van der Waals surface area contributed by atoms with Crippen molar-refractivity contribution >= 4 is 17.1 Å². The maximum Gasteiger partial charge on any atom is 0.253 e. The van der Waals surface area contributed by atoms with Crippen LogP contribution in [-0.4, -0.2) is 5.11 Å². The Morgan fingerprint density at radius 3 is 2.50 bits per heavy atom. The molecule has 0 spiro atoms. The molecule has 3 N–H and O–H groups in total. The van der Waals surface area contributed by atoms with E-state index in [9.17, 15) is 14.7 Å². The second kappa shape index (κ2) is 6.23. The van der Waals surface area contributed by atoms with Gasteiger partial charge in [-0.15, -0.1) is 0 Å². The van der Waals surface area contributed by atoms with E-state index in [1.54, 1.807) is 12.1 Å². The number of furan rings is 1. The van der Waals surface area contributed by atoms with E-state index < -0.39 is 10.9 Å². The van der Waals surface area contributed by atoms with Crippen LogP contribution in [0.4, 0.5) is 17.1 Å². The van der Waals surface area contributed by atoms with Gasteiger partial charge in [0.1, 0.15) is 28.6 Å². The maximum atomic E-state index is 11.9. The molecule has 0 radical (unpaired) electrons. The topological polar surface area (TPSA) is 91.6 Å². The number of rotatable bonds is 6. The third-order valence-electron chi connectivity index (χ3n) is 3.86. The Morgan fingerprint density at radius 1 is 1.12 bits per heavy atom. The van der Waals surface area contributed by atoms with Crippen molar-refractivity contribution in [2.75, 3.05) is 10.6 Å². The van der Waals surface area contributed by atoms with E-state index in [-0.39, 0.29) is 23.2 Å². The SMILES string of the molecule is CC[C@@H](Nc1c(Nc2cccc(O)c2)c(=O)c1=O)c1ccc(C)o1. The van der Waals surface area contributed by atoms with Crippen molar-refractivity contribution in [3.8, 4) is 5.75 Å². The smallest absolute Gasteiger partial charge is 0.253 e. The number of aromatic hydroxyl groups is 1. The van der Waals surface area contributed by atoms with E-state index in [1.807, 2.05) is 26.0 Å². The van der Waals surface area contributed by atoms with Gasteiger partial charge in [0.2, 0.25) is 0 Å². The molecule has 6 nitrogen and oxygen atoms in total. The normalized spacial score (nSPS) is 12.2. The second-order valence-corrected chi connectivity index (χ2v) is 5.64. The van der Waals surface area contributed by atoms with Crippen LogP contribution in [0.5, 0.6) is 5.75 Å². The number of aryl methyl sites for hydroxylation is 1. The summed E-state index contributed by atoms with van der Waals surface area (Å²) in [5.74, 6) is 1.57. The van der Waals surface area contributed by atoms with Crippen molar-refractivity contribution in [3.05, 3.63) is 68.4 Å². The van der Waals surface area contributed by atoms with E-state index in [0.29, 0.717) is 17.9 Å². The quantitative estimate of drug-likeness (QED) is 0.603. The summed E-state index contributed by atoms with van der Waals surface area (Å²) in [7, 11) is 0. The molecule has 0 aliphatic carbocycles. The van der Waals surface area contributed by atoms with Crippen LogP contribution >= 0.6 is 0 Å². The number of phenols is 1. The fraction of sp³-hybridized carbons (Fsp3) is 0.222. The third-order valence-corrected chi connectivity index (χ3v) is 3.86. The van der Waals surface area contributed by atoms with Gasteiger partial charge in [-0.2, -0.15) is 0 Å². The van der Waals surface area contributed by atoms with Crippen molar-refractivity contribution in [3.63, 3.8) is 0 Å². The monoisotopic (exact) mass is 326 g/mol. The molecule has 1 aromatic heterocycles. The Labute approximate surface area is 138 Å². The van der Waals surface area contributed by atoms with Crippen LogP contribution in [-0.2, 0) is 0 Å². The zero-order chi connectivity index (χ0) is 17.3. The van der Waals surface area contributed by atoms with Gasteiger partial charge < -0.3 is 20.2 Å². The molecule has 0 saturated carbocycles. The minimum absolute atomic E-state index is 0.0747. The molecular weight excluding hydrogens is 308 g/mol. The van der Waals surface area contributed by atoms with Crippen LogP contribution < -0.4 is 21.5 Å². The van der Waals surface area contributed by atoms with Crippen molar-refractivity contribution in [1.29, 1.82) is 0 Å². The molecule has 0 saturated heterocycles. The van der Waals surface area contributed by atoms with E-state index in [0.717, 1.165) is 5.76 Å². The summed E-state index contributed by atoms with van der Waals surface area (Å²) in [6.07, 6.45) is 0.692. The number of benzene rings is 1. The number of anilines is 3. The van der Waals surface area contributed by atoms with Gasteiger partial charge in [0.15, 0.2) is 0 Å². The zero-order valence-electron chi connectivity index (χ0n) is 13.4. The first-order valence-corrected chi connectivity index (χ1v) is 7.71. The first-order chi connectivity index (χ1) is 11.5. The summed E-state index contributed by atoms with van der Waals surface area (Å²) in [6, 6.07) is 9.86. The summed E-state index contributed by atoms with van der Waals surface area (Å²) < 4.78 is 5.60. The van der Waals surface area contributed by atoms with Crippen LogP contribution in [0, 0.1) is 6.92 Å². The molecule has 0 aliphatic heterocycles. The summed E-state index contributed by atoms with van der Waals surface area (Å²) in [4.78, 5) is 23.8. The van der Waals surface area contributed by atoms with Gasteiger partial charge in [-0.05, 0) is 37.6 Å². The molecule has 0 bridgehead atoms. The molecule has 0 aliphatic rings. The molecule has 2 aromatic carbocycles. The van der Waals surface area contributed by atoms with Gasteiger partial charge in [-0.3, -0.25) is 9.59 Å². The summed E-state index contributed by atoms with van der Waals surface area (Å²) in [5.41, 5.74) is -0.158. The standard InChI is InChI=1S/C18H18N2O4/c1-3-13(14-8-7-10(2)24-14)20-16-15(17(22)18(16)23)19-11-5-4-6-12(21)9-11/h4-9,13,19-21H,3H2,1-2H3/t13-/m1/s1. The molecule has 6 heteroatoms. The molecule has 0 amide bonds. The number of phenolic OH excluding ortho intramolecular Hbond substituents is 1. The molecule has 3 rings (SSSR count). The molecule has 1 atom stereocenters. The molecular formula is C18H18N2O4. The average molecular weight is 326 g/mol. The van der Waals surface area contributed by atoms with Gasteiger partial charge in [0.05, 0.1) is 6.04 Å². The molecule has 124 valence electrons. The summed E-state index contributed by atoms with van der Waals surface area (Å²) in [6.45, 7) is 3.81.